The summed E-state index contributed by atoms with van der Waals surface area (Å²) in [5.41, 5.74) is 0. The van der Waals surface area contributed by atoms with E-state index in [-0.39, 0.29) is 25.7 Å². The van der Waals surface area contributed by atoms with Gasteiger partial charge in [-0.15, -0.1) is 0 Å². The third-order valence-corrected chi connectivity index (χ3v) is 21.9. The van der Waals surface area contributed by atoms with Crippen molar-refractivity contribution in [2.45, 2.75) is 471 Å². The number of carbonyl (C=O) groups is 4. The molecule has 0 saturated carbocycles. The smallest absolute Gasteiger partial charge is 0.462 e. The average Bonchev–Trinajstić information content (AvgIpc) is 0.905. The molecule has 0 aliphatic carbocycles. The van der Waals surface area contributed by atoms with E-state index in [0.717, 1.165) is 102 Å². The summed E-state index contributed by atoms with van der Waals surface area (Å²) in [6, 6.07) is 0. The van der Waals surface area contributed by atoms with Gasteiger partial charge in [0.1, 0.15) is 19.3 Å². The Hall–Kier alpha value is -1.94. The van der Waals surface area contributed by atoms with Gasteiger partial charge in [0.25, 0.3) is 0 Å². The lowest BCUT2D eigenvalue weighted by atomic mass is 10.0. The highest BCUT2D eigenvalue weighted by atomic mass is 31.2. The number of ether oxygens (including phenoxy) is 4. The van der Waals surface area contributed by atoms with E-state index in [9.17, 15) is 43.2 Å². The van der Waals surface area contributed by atoms with Crippen LogP contribution in [-0.4, -0.2) is 96.7 Å². The van der Waals surface area contributed by atoms with Crippen LogP contribution in [0.15, 0.2) is 0 Å². The van der Waals surface area contributed by atoms with E-state index in [1.165, 1.54) is 270 Å². The van der Waals surface area contributed by atoms with Gasteiger partial charge in [-0.1, -0.05) is 401 Å². The van der Waals surface area contributed by atoms with Gasteiger partial charge in [0, 0.05) is 25.7 Å². The Bertz CT molecular complexity index is 1990. The minimum Gasteiger partial charge on any atom is -0.462 e. The Morgan fingerprint density at radius 2 is 0.442 bits per heavy atom. The number of carbonyl (C=O) groups excluding carboxylic acids is 4. The second-order valence-corrected chi connectivity index (χ2v) is 34.4. The van der Waals surface area contributed by atoms with Gasteiger partial charge in [-0.25, -0.2) is 9.13 Å². The molecule has 0 radical (unpaired) electrons. The fourth-order valence-corrected chi connectivity index (χ4v) is 14.8. The Labute approximate surface area is 638 Å². The quantitative estimate of drug-likeness (QED) is 0.0222. The Morgan fingerprint density at radius 3 is 0.654 bits per heavy atom. The topological polar surface area (TPSA) is 237 Å². The molecule has 0 fully saturated rings. The molecule has 0 aromatic heterocycles. The molecule has 0 aliphatic heterocycles. The van der Waals surface area contributed by atoms with Gasteiger partial charge in [-0.2, -0.15) is 0 Å². The maximum atomic E-state index is 13.1. The van der Waals surface area contributed by atoms with E-state index >= 15 is 0 Å². The molecule has 0 heterocycles. The van der Waals surface area contributed by atoms with Crippen LogP contribution < -0.4 is 0 Å². The van der Waals surface area contributed by atoms with Crippen LogP contribution in [-0.2, 0) is 65.4 Å². The highest BCUT2D eigenvalue weighted by Crippen LogP contribution is 2.45. The van der Waals surface area contributed by atoms with E-state index in [4.69, 9.17) is 37.0 Å². The molecule has 0 aromatic rings. The second-order valence-electron chi connectivity index (χ2n) is 31.5. The normalized spacial score (nSPS) is 13.8. The first-order valence-electron chi connectivity index (χ1n) is 44.0. The third-order valence-electron chi connectivity index (χ3n) is 20.0. The molecule has 0 aromatic carbocycles. The van der Waals surface area contributed by atoms with Crippen molar-refractivity contribution in [1.82, 2.24) is 0 Å². The van der Waals surface area contributed by atoms with Crippen molar-refractivity contribution >= 4 is 39.5 Å². The summed E-state index contributed by atoms with van der Waals surface area (Å²) in [7, 11) is -9.92. The van der Waals surface area contributed by atoms with Crippen LogP contribution in [0, 0.1) is 11.8 Å². The minimum absolute atomic E-state index is 0.109. The van der Waals surface area contributed by atoms with Gasteiger partial charge in [0.05, 0.1) is 26.4 Å². The summed E-state index contributed by atoms with van der Waals surface area (Å²) in [6.07, 6.45) is 67.9. The highest BCUT2D eigenvalue weighted by molar-refractivity contribution is 7.47. The van der Waals surface area contributed by atoms with E-state index in [1.807, 2.05) is 0 Å². The Kier molecular flexibility index (Phi) is 75.0. The zero-order chi connectivity index (χ0) is 76.4. The van der Waals surface area contributed by atoms with Crippen LogP contribution in [0.3, 0.4) is 0 Å². The predicted octanol–water partition coefficient (Wildman–Crippen LogP) is 25.8. The highest BCUT2D eigenvalue weighted by Gasteiger charge is 2.30. The number of phosphoric ester groups is 2. The molecule has 104 heavy (non-hydrogen) atoms. The molecule has 618 valence electrons. The van der Waals surface area contributed by atoms with Gasteiger partial charge in [0.2, 0.25) is 0 Å². The zero-order valence-electron chi connectivity index (χ0n) is 68.3. The van der Waals surface area contributed by atoms with Crippen molar-refractivity contribution in [3.05, 3.63) is 0 Å². The monoisotopic (exact) mass is 1520 g/mol. The summed E-state index contributed by atoms with van der Waals surface area (Å²) in [4.78, 5) is 73.2. The summed E-state index contributed by atoms with van der Waals surface area (Å²) >= 11 is 0. The first-order chi connectivity index (χ1) is 50.4. The maximum absolute atomic E-state index is 13.1. The van der Waals surface area contributed by atoms with E-state index < -0.39 is 97.5 Å². The van der Waals surface area contributed by atoms with Crippen molar-refractivity contribution < 1.29 is 80.2 Å². The standard InChI is InChI=1S/C85H166O17P2/c1-7-9-11-13-15-17-19-20-21-28-34-39-45-51-57-63-69-84(89)101-80(73-95-82(87)67-61-55-49-43-18-16-14-12-10-8-2)75-99-103(91,92)97-71-79(86)72-98-104(93,94)100-76-81(102-85(90)70-64-58-52-46-40-35-30-25-23-27-32-37-42-48-54-60-66-78(5)6)74-96-83(88)68-62-56-50-44-38-33-29-24-22-26-31-36-41-47-53-59-65-77(3)4/h77-81,86H,7-76H2,1-6H3,(H,91,92)(H,93,94)/t79-,80+,81+/m0/s1. The summed E-state index contributed by atoms with van der Waals surface area (Å²) < 4.78 is 68.9. The largest absolute Gasteiger partial charge is 0.472 e. The number of esters is 4. The molecule has 5 atom stereocenters. The van der Waals surface area contributed by atoms with Crippen LogP contribution in [0.2, 0.25) is 0 Å². The lowest BCUT2D eigenvalue weighted by Gasteiger charge is -2.21. The van der Waals surface area contributed by atoms with Crippen LogP contribution in [0.25, 0.3) is 0 Å². The number of hydrogen-bond acceptors (Lipinski definition) is 15. The lowest BCUT2D eigenvalue weighted by molar-refractivity contribution is -0.161. The molecule has 0 spiro atoms. The van der Waals surface area contributed by atoms with Crippen molar-refractivity contribution in [2.24, 2.45) is 11.8 Å². The molecule has 0 aliphatic rings. The molecular formula is C85H166O17P2. The maximum Gasteiger partial charge on any atom is 0.472 e. The molecule has 0 bridgehead atoms. The first-order valence-corrected chi connectivity index (χ1v) is 47.0. The van der Waals surface area contributed by atoms with E-state index in [2.05, 4.69) is 41.5 Å². The van der Waals surface area contributed by atoms with Gasteiger partial charge >= 0.3 is 39.5 Å². The van der Waals surface area contributed by atoms with Gasteiger partial charge < -0.3 is 33.8 Å². The predicted molar refractivity (Wildman–Crippen MR) is 428 cm³/mol. The van der Waals surface area contributed by atoms with Crippen molar-refractivity contribution in [3.63, 3.8) is 0 Å². The number of phosphoric acid groups is 2. The summed E-state index contributed by atoms with van der Waals surface area (Å²) in [5.74, 6) is -0.480. The van der Waals surface area contributed by atoms with Crippen LogP contribution in [0.5, 0.6) is 0 Å². The molecule has 19 heteroatoms. The Morgan fingerprint density at radius 1 is 0.260 bits per heavy atom. The number of aliphatic hydroxyl groups excluding tert-OH is 1. The second kappa shape index (κ2) is 76.4. The SMILES string of the molecule is CCCCCCCCCCCCCCCCCCC(=O)O[C@H](COC(=O)CCCCCCCCCCCC)COP(=O)(O)OC[C@H](O)COP(=O)(O)OC[C@@H](COC(=O)CCCCCCCCCCCCCCCCCCC(C)C)OC(=O)CCCCCCCCCCCCCCCCCCC(C)C. The molecule has 3 N–H and O–H groups in total. The van der Waals surface area contributed by atoms with Crippen molar-refractivity contribution in [3.8, 4) is 0 Å². The van der Waals surface area contributed by atoms with Crippen LogP contribution in [0.1, 0.15) is 452 Å². The van der Waals surface area contributed by atoms with Gasteiger partial charge in [0.15, 0.2) is 12.2 Å². The fourth-order valence-electron chi connectivity index (χ4n) is 13.2. The van der Waals surface area contributed by atoms with E-state index in [1.54, 1.807) is 0 Å². The van der Waals surface area contributed by atoms with Crippen molar-refractivity contribution in [2.75, 3.05) is 39.6 Å². The number of rotatable bonds is 84. The van der Waals surface area contributed by atoms with Crippen LogP contribution >= 0.6 is 15.6 Å². The molecular weight excluding hydrogens is 1350 g/mol. The number of unbranched alkanes of at least 4 members (excludes halogenated alkanes) is 54. The fraction of sp³-hybridized carbons (Fsp3) is 0.953. The first kappa shape index (κ1) is 102. The molecule has 0 saturated heterocycles. The summed E-state index contributed by atoms with van der Waals surface area (Å²) in [6.45, 7) is 9.72. The molecule has 17 nitrogen and oxygen atoms in total. The average molecular weight is 1520 g/mol. The zero-order valence-corrected chi connectivity index (χ0v) is 70.1. The van der Waals surface area contributed by atoms with E-state index in [0.29, 0.717) is 25.7 Å². The van der Waals surface area contributed by atoms with Gasteiger partial charge in [-0.05, 0) is 37.5 Å². The number of hydrogen-bond donors (Lipinski definition) is 3. The summed E-state index contributed by atoms with van der Waals surface area (Å²) in [5, 5.41) is 10.7. The minimum atomic E-state index is -4.96. The molecule has 2 unspecified atom stereocenters. The van der Waals surface area contributed by atoms with Crippen molar-refractivity contribution in [1.29, 1.82) is 0 Å². The molecule has 0 rings (SSSR count). The molecule has 0 amide bonds. The third kappa shape index (κ3) is 78.2. The Balaban J connectivity index is 5.23. The van der Waals surface area contributed by atoms with Gasteiger partial charge in [-0.3, -0.25) is 37.3 Å². The lowest BCUT2D eigenvalue weighted by Crippen LogP contribution is -2.30. The number of aliphatic hydroxyl groups is 1. The van der Waals surface area contributed by atoms with Crippen LogP contribution in [0.4, 0.5) is 0 Å².